The zero-order chi connectivity index (χ0) is 20.5. The summed E-state index contributed by atoms with van der Waals surface area (Å²) >= 11 is 3.46. The molecule has 0 saturated carbocycles. The minimum atomic E-state index is -0.760. The number of hydrogen-bond donors (Lipinski definition) is 1. The van der Waals surface area contributed by atoms with Crippen molar-refractivity contribution in [1.29, 1.82) is 0 Å². The van der Waals surface area contributed by atoms with Crippen molar-refractivity contribution in [3.8, 4) is 11.3 Å². The number of nitrogens with zero attached hydrogens (tertiary/aromatic N) is 3. The van der Waals surface area contributed by atoms with Crippen molar-refractivity contribution >= 4 is 21.4 Å². The van der Waals surface area contributed by atoms with Gasteiger partial charge in [0.1, 0.15) is 5.52 Å². The zero-order valence-electron chi connectivity index (χ0n) is 16.3. The molecule has 0 aliphatic heterocycles. The Morgan fingerprint density at radius 1 is 1.03 bits per heavy atom. The number of aromatic nitrogens is 3. The summed E-state index contributed by atoms with van der Waals surface area (Å²) in [5.74, 6) is 0.438. The van der Waals surface area contributed by atoms with Gasteiger partial charge in [-0.3, -0.25) is 4.79 Å². The van der Waals surface area contributed by atoms with Crippen molar-refractivity contribution in [3.05, 3.63) is 92.9 Å². The Balaban J connectivity index is 1.62. The molecule has 0 spiro atoms. The number of aliphatic hydroxyl groups is 1. The van der Waals surface area contributed by atoms with Gasteiger partial charge in [-0.15, -0.1) is 0 Å². The Labute approximate surface area is 177 Å². The van der Waals surface area contributed by atoms with Gasteiger partial charge >= 0.3 is 0 Å². The van der Waals surface area contributed by atoms with Gasteiger partial charge in [-0.2, -0.15) is 5.10 Å². The molecule has 0 bridgehead atoms. The molecule has 0 aliphatic rings. The number of halogens is 1. The molecule has 5 nitrogen and oxygen atoms in total. The molecular weight excluding hydrogens is 430 g/mol. The third kappa shape index (κ3) is 4.04. The average Bonchev–Trinajstić information content (AvgIpc) is 3.15. The molecule has 1 N–H and O–H groups in total. The molecule has 148 valence electrons. The van der Waals surface area contributed by atoms with Crippen molar-refractivity contribution in [3.63, 3.8) is 0 Å². The molecular formula is C23H22BrN3O2. The summed E-state index contributed by atoms with van der Waals surface area (Å²) in [6, 6.07) is 17.5. The molecule has 0 fully saturated rings. The quantitative estimate of drug-likeness (QED) is 0.474. The minimum Gasteiger partial charge on any atom is -0.387 e. The van der Waals surface area contributed by atoms with Crippen LogP contribution in [0.3, 0.4) is 0 Å². The van der Waals surface area contributed by atoms with Crippen molar-refractivity contribution < 1.29 is 5.11 Å². The highest BCUT2D eigenvalue weighted by Gasteiger charge is 2.13. The van der Waals surface area contributed by atoms with Gasteiger partial charge < -0.3 is 9.67 Å². The lowest BCUT2D eigenvalue weighted by Crippen LogP contribution is -2.24. The molecule has 0 radical (unpaired) electrons. The fraction of sp³-hybridized carbons (Fsp3) is 0.217. The Kier molecular flexibility index (Phi) is 5.39. The van der Waals surface area contributed by atoms with Crippen LogP contribution in [0.4, 0.5) is 0 Å². The van der Waals surface area contributed by atoms with Crippen LogP contribution in [0.15, 0.2) is 76.3 Å². The van der Waals surface area contributed by atoms with Gasteiger partial charge in [0.2, 0.25) is 0 Å². The van der Waals surface area contributed by atoms with E-state index in [4.69, 9.17) is 0 Å². The lowest BCUT2D eigenvalue weighted by atomic mass is 10.00. The van der Waals surface area contributed by atoms with Crippen LogP contribution in [-0.2, 0) is 6.54 Å². The Bertz CT molecular complexity index is 1210. The summed E-state index contributed by atoms with van der Waals surface area (Å²) in [5.41, 5.74) is 3.97. The highest BCUT2D eigenvalue weighted by molar-refractivity contribution is 9.10. The molecule has 4 aromatic rings. The van der Waals surface area contributed by atoms with E-state index in [2.05, 4.69) is 34.9 Å². The summed E-state index contributed by atoms with van der Waals surface area (Å²) in [6.07, 6.45) is 2.65. The lowest BCUT2D eigenvalue weighted by molar-refractivity contribution is 0.155. The first-order valence-corrected chi connectivity index (χ1v) is 10.3. The highest BCUT2D eigenvalue weighted by atomic mass is 79.9. The molecule has 2 aromatic carbocycles. The van der Waals surface area contributed by atoms with Crippen molar-refractivity contribution in [2.75, 3.05) is 0 Å². The molecule has 0 saturated heterocycles. The van der Waals surface area contributed by atoms with E-state index in [1.807, 2.05) is 48.5 Å². The van der Waals surface area contributed by atoms with Crippen LogP contribution in [0.5, 0.6) is 0 Å². The maximum Gasteiger partial charge on any atom is 0.276 e. The van der Waals surface area contributed by atoms with Crippen LogP contribution in [0, 0.1) is 0 Å². The zero-order valence-corrected chi connectivity index (χ0v) is 17.9. The number of benzene rings is 2. The second-order valence-electron chi connectivity index (χ2n) is 7.46. The van der Waals surface area contributed by atoms with Crippen LogP contribution in [0.1, 0.15) is 37.0 Å². The number of fused-ring (bicyclic) bond motifs is 1. The van der Waals surface area contributed by atoms with Crippen molar-refractivity contribution in [1.82, 2.24) is 14.2 Å². The molecule has 0 unspecified atom stereocenters. The second kappa shape index (κ2) is 7.97. The molecule has 6 heteroatoms. The second-order valence-corrected chi connectivity index (χ2v) is 8.38. The number of hydrogen-bond acceptors (Lipinski definition) is 3. The Morgan fingerprint density at radius 3 is 2.45 bits per heavy atom. The van der Waals surface area contributed by atoms with Gasteiger partial charge in [0, 0.05) is 22.4 Å². The van der Waals surface area contributed by atoms with Gasteiger partial charge in [0.05, 0.1) is 18.3 Å². The smallest absolute Gasteiger partial charge is 0.276 e. The summed E-state index contributed by atoms with van der Waals surface area (Å²) in [5, 5.41) is 15.1. The van der Waals surface area contributed by atoms with E-state index in [1.54, 1.807) is 23.0 Å². The molecule has 0 amide bonds. The third-order valence-corrected chi connectivity index (χ3v) is 5.57. The van der Waals surface area contributed by atoms with Gasteiger partial charge in [0.25, 0.3) is 5.56 Å². The monoisotopic (exact) mass is 451 g/mol. The predicted octanol–water partition coefficient (Wildman–Crippen LogP) is 4.78. The van der Waals surface area contributed by atoms with Crippen LogP contribution >= 0.6 is 15.9 Å². The fourth-order valence-corrected chi connectivity index (χ4v) is 3.75. The van der Waals surface area contributed by atoms with E-state index >= 15 is 0 Å². The molecule has 2 aromatic heterocycles. The van der Waals surface area contributed by atoms with E-state index in [9.17, 15) is 9.90 Å². The van der Waals surface area contributed by atoms with E-state index in [1.165, 1.54) is 10.1 Å². The van der Waals surface area contributed by atoms with E-state index in [0.717, 1.165) is 21.3 Å². The molecule has 29 heavy (non-hydrogen) atoms. The van der Waals surface area contributed by atoms with Gasteiger partial charge in [-0.1, -0.05) is 66.2 Å². The van der Waals surface area contributed by atoms with E-state index in [-0.39, 0.29) is 12.1 Å². The van der Waals surface area contributed by atoms with E-state index in [0.29, 0.717) is 11.4 Å². The SMILES string of the molecule is CC(C)c1ccc([C@H](O)Cn2ccn3nc(-c4cccc(Br)c4)cc3c2=O)cc1. The fourth-order valence-electron chi connectivity index (χ4n) is 3.35. The Morgan fingerprint density at radius 2 is 1.76 bits per heavy atom. The average molecular weight is 452 g/mol. The largest absolute Gasteiger partial charge is 0.387 e. The van der Waals surface area contributed by atoms with Crippen LogP contribution in [-0.4, -0.2) is 19.3 Å². The van der Waals surface area contributed by atoms with Gasteiger partial charge in [0.15, 0.2) is 0 Å². The van der Waals surface area contributed by atoms with Crippen LogP contribution < -0.4 is 5.56 Å². The topological polar surface area (TPSA) is 59.5 Å². The first-order valence-electron chi connectivity index (χ1n) is 9.55. The van der Waals surface area contributed by atoms with E-state index < -0.39 is 6.10 Å². The van der Waals surface area contributed by atoms with Crippen LogP contribution in [0.25, 0.3) is 16.8 Å². The highest BCUT2D eigenvalue weighted by Crippen LogP contribution is 2.23. The maximum atomic E-state index is 12.9. The minimum absolute atomic E-state index is 0.181. The number of aliphatic hydroxyl groups excluding tert-OH is 1. The normalized spacial score (nSPS) is 12.6. The predicted molar refractivity (Wildman–Crippen MR) is 118 cm³/mol. The summed E-state index contributed by atoms with van der Waals surface area (Å²) in [4.78, 5) is 12.9. The van der Waals surface area contributed by atoms with Gasteiger partial charge in [-0.05, 0) is 35.2 Å². The first-order chi connectivity index (χ1) is 13.9. The van der Waals surface area contributed by atoms with Gasteiger partial charge in [-0.25, -0.2) is 4.52 Å². The third-order valence-electron chi connectivity index (χ3n) is 5.08. The molecule has 4 rings (SSSR count). The molecule has 0 aliphatic carbocycles. The molecule has 1 atom stereocenters. The summed E-state index contributed by atoms with van der Waals surface area (Å²) in [7, 11) is 0. The van der Waals surface area contributed by atoms with Crippen molar-refractivity contribution in [2.24, 2.45) is 0 Å². The summed E-state index contributed by atoms with van der Waals surface area (Å²) < 4.78 is 4.07. The maximum absolute atomic E-state index is 12.9. The summed E-state index contributed by atoms with van der Waals surface area (Å²) in [6.45, 7) is 4.45. The number of rotatable bonds is 5. The lowest BCUT2D eigenvalue weighted by Gasteiger charge is -2.14. The first kappa shape index (κ1) is 19.6. The Hall–Kier alpha value is -2.70. The standard InChI is InChI=1S/C23H22BrN3O2/c1-15(2)16-6-8-17(9-7-16)22(28)14-26-10-11-27-21(23(26)29)13-20(25-27)18-4-3-5-19(24)12-18/h3-13,15,22,28H,14H2,1-2H3/t22-/m1/s1. The van der Waals surface area contributed by atoms with Crippen molar-refractivity contribution in [2.45, 2.75) is 32.4 Å². The van der Waals surface area contributed by atoms with Crippen LogP contribution in [0.2, 0.25) is 0 Å². The molecule has 2 heterocycles.